The fourth-order valence-electron chi connectivity index (χ4n) is 1.42. The zero-order valence-corrected chi connectivity index (χ0v) is 9.62. The summed E-state index contributed by atoms with van der Waals surface area (Å²) >= 11 is 0. The first-order chi connectivity index (χ1) is 8.39. The number of hydrogen-bond acceptors (Lipinski definition) is 5. The maximum atomic E-state index is 12.4. The minimum absolute atomic E-state index is 0.00624. The van der Waals surface area contributed by atoms with Gasteiger partial charge in [0.1, 0.15) is 6.54 Å². The van der Waals surface area contributed by atoms with E-state index in [1.54, 1.807) is 0 Å². The van der Waals surface area contributed by atoms with E-state index in [-0.39, 0.29) is 24.7 Å². The second kappa shape index (κ2) is 5.71. The highest BCUT2D eigenvalue weighted by Crippen LogP contribution is 2.24. The van der Waals surface area contributed by atoms with Crippen LogP contribution in [0.1, 0.15) is 0 Å². The number of nitrogens with zero attached hydrogens (tertiary/aromatic N) is 2. The number of anilines is 1. The maximum absolute atomic E-state index is 12.4. The van der Waals surface area contributed by atoms with Crippen molar-refractivity contribution in [1.29, 1.82) is 0 Å². The standard InChI is InChI=1S/C9H13F3N4O2/c1-18-6-7(14-5-15-8(6)17)16(3-2-13)4-9(10,11)12/h5H,2-4,13H2,1H3,(H,14,15,17). The van der Waals surface area contributed by atoms with Gasteiger partial charge < -0.3 is 20.4 Å². The van der Waals surface area contributed by atoms with Gasteiger partial charge in [-0.3, -0.25) is 4.79 Å². The lowest BCUT2D eigenvalue weighted by molar-refractivity contribution is -0.119. The van der Waals surface area contributed by atoms with Gasteiger partial charge in [0, 0.05) is 13.1 Å². The molecule has 6 nitrogen and oxygen atoms in total. The number of aromatic nitrogens is 2. The summed E-state index contributed by atoms with van der Waals surface area (Å²) in [6, 6.07) is 0. The lowest BCUT2D eigenvalue weighted by Gasteiger charge is -2.25. The predicted octanol–water partition coefficient (Wildman–Crippen LogP) is 0.106. The molecule has 3 N–H and O–H groups in total. The zero-order chi connectivity index (χ0) is 13.8. The third kappa shape index (κ3) is 3.62. The molecule has 0 radical (unpaired) electrons. The van der Waals surface area contributed by atoms with Crippen molar-refractivity contribution in [1.82, 2.24) is 9.97 Å². The molecule has 1 aromatic heterocycles. The average molecular weight is 266 g/mol. The van der Waals surface area contributed by atoms with Crippen LogP contribution in [0, 0.1) is 0 Å². The van der Waals surface area contributed by atoms with Crippen LogP contribution in [-0.4, -0.2) is 42.9 Å². The van der Waals surface area contributed by atoms with Gasteiger partial charge in [-0.25, -0.2) is 4.98 Å². The monoisotopic (exact) mass is 266 g/mol. The molecule has 1 heterocycles. The molecule has 18 heavy (non-hydrogen) atoms. The first-order valence-electron chi connectivity index (χ1n) is 5.02. The molecule has 0 unspecified atom stereocenters. The van der Waals surface area contributed by atoms with Crippen LogP contribution in [0.2, 0.25) is 0 Å². The first-order valence-corrected chi connectivity index (χ1v) is 5.02. The Morgan fingerprint density at radius 1 is 1.56 bits per heavy atom. The number of rotatable bonds is 5. The Labute approximate surface area is 101 Å². The highest BCUT2D eigenvalue weighted by molar-refractivity contribution is 5.50. The van der Waals surface area contributed by atoms with Gasteiger partial charge in [-0.2, -0.15) is 13.2 Å². The van der Waals surface area contributed by atoms with E-state index >= 15 is 0 Å². The second-order valence-corrected chi connectivity index (χ2v) is 3.41. The van der Waals surface area contributed by atoms with Crippen molar-refractivity contribution >= 4 is 5.82 Å². The summed E-state index contributed by atoms with van der Waals surface area (Å²) < 4.78 is 42.0. The van der Waals surface area contributed by atoms with Crippen molar-refractivity contribution in [3.05, 3.63) is 16.7 Å². The SMILES string of the molecule is COc1c(N(CCN)CC(F)(F)F)nc[nH]c1=O. The molecule has 0 aliphatic carbocycles. The van der Waals surface area contributed by atoms with E-state index in [1.165, 1.54) is 7.11 Å². The largest absolute Gasteiger partial charge is 0.489 e. The van der Waals surface area contributed by atoms with Crippen molar-refractivity contribution in [2.24, 2.45) is 5.73 Å². The lowest BCUT2D eigenvalue weighted by atomic mass is 10.4. The Hall–Kier alpha value is -1.77. The van der Waals surface area contributed by atoms with Gasteiger partial charge in [-0.05, 0) is 0 Å². The fraction of sp³-hybridized carbons (Fsp3) is 0.556. The van der Waals surface area contributed by atoms with E-state index in [2.05, 4.69) is 9.97 Å². The molecule has 1 rings (SSSR count). The van der Waals surface area contributed by atoms with Gasteiger partial charge in [0.25, 0.3) is 5.56 Å². The normalized spacial score (nSPS) is 11.4. The fourth-order valence-corrected chi connectivity index (χ4v) is 1.42. The molecule has 0 fully saturated rings. The van der Waals surface area contributed by atoms with Gasteiger partial charge in [-0.1, -0.05) is 0 Å². The number of H-pyrrole nitrogens is 1. The summed E-state index contributed by atoms with van der Waals surface area (Å²) in [6.07, 6.45) is -3.41. The van der Waals surface area contributed by atoms with E-state index < -0.39 is 18.3 Å². The molecule has 0 atom stereocenters. The second-order valence-electron chi connectivity index (χ2n) is 3.41. The summed E-state index contributed by atoms with van der Waals surface area (Å²) in [5, 5.41) is 0. The highest BCUT2D eigenvalue weighted by Gasteiger charge is 2.32. The first kappa shape index (κ1) is 14.3. The van der Waals surface area contributed by atoms with Crippen LogP contribution in [0.15, 0.2) is 11.1 Å². The topological polar surface area (TPSA) is 84.2 Å². The smallest absolute Gasteiger partial charge is 0.405 e. The Bertz CT molecular complexity index is 446. The van der Waals surface area contributed by atoms with Crippen LogP contribution < -0.4 is 20.9 Å². The molecule has 0 aliphatic rings. The maximum Gasteiger partial charge on any atom is 0.405 e. The molecule has 102 valence electrons. The van der Waals surface area contributed by atoms with E-state index in [0.717, 1.165) is 11.2 Å². The van der Waals surface area contributed by atoms with E-state index in [1.807, 2.05) is 0 Å². The van der Waals surface area contributed by atoms with E-state index in [9.17, 15) is 18.0 Å². The quantitative estimate of drug-likeness (QED) is 0.790. The average Bonchev–Trinajstić information content (AvgIpc) is 2.26. The summed E-state index contributed by atoms with van der Waals surface area (Å²) in [6.45, 7) is -1.35. The van der Waals surface area contributed by atoms with Crippen LogP contribution in [0.3, 0.4) is 0 Å². The number of halogens is 3. The van der Waals surface area contributed by atoms with Crippen LogP contribution in [0.4, 0.5) is 19.0 Å². The Morgan fingerprint density at radius 3 is 2.72 bits per heavy atom. The molecule has 0 aliphatic heterocycles. The van der Waals surface area contributed by atoms with Gasteiger partial charge in [-0.15, -0.1) is 0 Å². The van der Waals surface area contributed by atoms with Crippen LogP contribution in [0.25, 0.3) is 0 Å². The number of aromatic amines is 1. The van der Waals surface area contributed by atoms with Gasteiger partial charge >= 0.3 is 6.18 Å². The Kier molecular flexibility index (Phi) is 4.54. The Balaban J connectivity index is 3.13. The molecule has 1 aromatic rings. The molecule has 0 saturated carbocycles. The molecule has 0 aromatic carbocycles. The third-order valence-electron chi connectivity index (χ3n) is 2.06. The lowest BCUT2D eigenvalue weighted by Crippen LogP contribution is -2.39. The van der Waals surface area contributed by atoms with Crippen molar-refractivity contribution in [3.8, 4) is 5.75 Å². The molecule has 9 heteroatoms. The van der Waals surface area contributed by atoms with Crippen molar-refractivity contribution in [3.63, 3.8) is 0 Å². The zero-order valence-electron chi connectivity index (χ0n) is 9.62. The van der Waals surface area contributed by atoms with Crippen LogP contribution in [-0.2, 0) is 0 Å². The summed E-state index contributed by atoms with van der Waals surface area (Å²) in [5.41, 5.74) is 4.61. The van der Waals surface area contributed by atoms with Crippen LogP contribution in [0.5, 0.6) is 5.75 Å². The summed E-state index contributed by atoms with van der Waals surface area (Å²) in [5.74, 6) is -0.445. The molecular weight excluding hydrogens is 253 g/mol. The Morgan fingerprint density at radius 2 is 2.22 bits per heavy atom. The number of methoxy groups -OCH3 is 1. The predicted molar refractivity (Wildman–Crippen MR) is 58.7 cm³/mol. The number of hydrogen-bond donors (Lipinski definition) is 2. The molecule has 0 spiro atoms. The molecule has 0 bridgehead atoms. The summed E-state index contributed by atoms with van der Waals surface area (Å²) in [7, 11) is 1.18. The molecule has 0 saturated heterocycles. The minimum Gasteiger partial charge on any atom is -0.489 e. The van der Waals surface area contributed by atoms with Gasteiger partial charge in [0.15, 0.2) is 5.82 Å². The summed E-state index contributed by atoms with van der Waals surface area (Å²) in [4.78, 5) is 18.2. The van der Waals surface area contributed by atoms with Crippen LogP contribution >= 0.6 is 0 Å². The molecule has 0 amide bonds. The van der Waals surface area contributed by atoms with E-state index in [0.29, 0.717) is 0 Å². The number of alkyl halides is 3. The molecular formula is C9H13F3N4O2. The van der Waals surface area contributed by atoms with Crippen molar-refractivity contribution in [2.75, 3.05) is 31.6 Å². The van der Waals surface area contributed by atoms with Gasteiger partial charge in [0.2, 0.25) is 5.75 Å². The van der Waals surface area contributed by atoms with E-state index in [4.69, 9.17) is 10.5 Å². The minimum atomic E-state index is -4.43. The highest BCUT2D eigenvalue weighted by atomic mass is 19.4. The van der Waals surface area contributed by atoms with Crippen molar-refractivity contribution < 1.29 is 17.9 Å². The third-order valence-corrected chi connectivity index (χ3v) is 2.06. The van der Waals surface area contributed by atoms with Crippen molar-refractivity contribution in [2.45, 2.75) is 6.18 Å². The number of nitrogens with two attached hydrogens (primary N) is 1. The number of nitrogens with one attached hydrogen (secondary N) is 1. The number of ether oxygens (including phenoxy) is 1. The van der Waals surface area contributed by atoms with Gasteiger partial charge in [0.05, 0.1) is 13.4 Å².